The Balaban J connectivity index is 2.42. The van der Waals surface area contributed by atoms with Gasteiger partial charge >= 0.3 is 0 Å². The van der Waals surface area contributed by atoms with Gasteiger partial charge in [-0.3, -0.25) is 0 Å². The molecule has 0 radical (unpaired) electrons. The SMILES string of the molecule is CN(C)CC(C)(C)CNc1ccccn1. The molecule has 15 heavy (non-hydrogen) atoms. The first-order chi connectivity index (χ1) is 6.99. The van der Waals surface area contributed by atoms with Crippen LogP contribution in [0.5, 0.6) is 0 Å². The maximum absolute atomic E-state index is 4.24. The molecule has 1 N–H and O–H groups in total. The van der Waals surface area contributed by atoms with Crippen molar-refractivity contribution in [2.24, 2.45) is 5.41 Å². The van der Waals surface area contributed by atoms with Crippen LogP contribution >= 0.6 is 0 Å². The lowest BCUT2D eigenvalue weighted by atomic mass is 9.93. The van der Waals surface area contributed by atoms with Crippen molar-refractivity contribution >= 4 is 5.82 Å². The van der Waals surface area contributed by atoms with E-state index >= 15 is 0 Å². The molecule has 3 nitrogen and oxygen atoms in total. The van der Waals surface area contributed by atoms with Crippen LogP contribution in [-0.4, -0.2) is 37.1 Å². The monoisotopic (exact) mass is 207 g/mol. The van der Waals surface area contributed by atoms with E-state index in [0.717, 1.165) is 18.9 Å². The van der Waals surface area contributed by atoms with Gasteiger partial charge in [-0.05, 0) is 31.6 Å². The number of anilines is 1. The predicted molar refractivity (Wildman–Crippen MR) is 65.1 cm³/mol. The van der Waals surface area contributed by atoms with Gasteiger partial charge in [-0.1, -0.05) is 19.9 Å². The molecule has 3 heteroatoms. The second-order valence-electron chi connectivity index (χ2n) is 4.97. The molecule has 1 heterocycles. The first kappa shape index (κ1) is 12.0. The van der Waals surface area contributed by atoms with Crippen LogP contribution < -0.4 is 5.32 Å². The first-order valence-electron chi connectivity index (χ1n) is 5.29. The summed E-state index contributed by atoms with van der Waals surface area (Å²) in [4.78, 5) is 6.44. The van der Waals surface area contributed by atoms with E-state index in [9.17, 15) is 0 Å². The zero-order valence-electron chi connectivity index (χ0n) is 10.1. The van der Waals surface area contributed by atoms with E-state index < -0.39 is 0 Å². The summed E-state index contributed by atoms with van der Waals surface area (Å²) >= 11 is 0. The fourth-order valence-electron chi connectivity index (χ4n) is 1.71. The second-order valence-corrected chi connectivity index (χ2v) is 4.97. The van der Waals surface area contributed by atoms with E-state index in [0.29, 0.717) is 0 Å². The van der Waals surface area contributed by atoms with Crippen LogP contribution in [0.25, 0.3) is 0 Å². The Kier molecular flexibility index (Phi) is 4.09. The minimum absolute atomic E-state index is 0.251. The maximum atomic E-state index is 4.24. The summed E-state index contributed by atoms with van der Waals surface area (Å²) in [6.07, 6.45) is 1.81. The number of rotatable bonds is 5. The molecule has 0 aliphatic heterocycles. The van der Waals surface area contributed by atoms with E-state index in [-0.39, 0.29) is 5.41 Å². The summed E-state index contributed by atoms with van der Waals surface area (Å²) in [5.41, 5.74) is 0.251. The lowest BCUT2D eigenvalue weighted by Gasteiger charge is -2.28. The molecule has 0 spiro atoms. The van der Waals surface area contributed by atoms with Crippen LogP contribution in [0.4, 0.5) is 5.82 Å². The number of hydrogen-bond acceptors (Lipinski definition) is 3. The number of nitrogens with zero attached hydrogens (tertiary/aromatic N) is 2. The lowest BCUT2D eigenvalue weighted by molar-refractivity contribution is 0.254. The Labute approximate surface area is 92.5 Å². The number of aromatic nitrogens is 1. The summed E-state index contributed by atoms with van der Waals surface area (Å²) in [5, 5.41) is 3.35. The minimum atomic E-state index is 0.251. The molecule has 1 rings (SSSR count). The molecular weight excluding hydrogens is 186 g/mol. The van der Waals surface area contributed by atoms with E-state index in [2.05, 4.69) is 43.1 Å². The highest BCUT2D eigenvalue weighted by Gasteiger charge is 2.18. The minimum Gasteiger partial charge on any atom is -0.369 e. The molecule has 1 aromatic heterocycles. The van der Waals surface area contributed by atoms with Crippen molar-refractivity contribution in [2.75, 3.05) is 32.5 Å². The molecule has 0 unspecified atom stereocenters. The third-order valence-electron chi connectivity index (χ3n) is 2.16. The van der Waals surface area contributed by atoms with Crippen molar-refractivity contribution in [3.05, 3.63) is 24.4 Å². The molecule has 84 valence electrons. The highest BCUT2D eigenvalue weighted by molar-refractivity contribution is 5.33. The first-order valence-corrected chi connectivity index (χ1v) is 5.29. The van der Waals surface area contributed by atoms with Gasteiger partial charge in [0.1, 0.15) is 5.82 Å². The summed E-state index contributed by atoms with van der Waals surface area (Å²) in [6.45, 7) is 6.50. The zero-order valence-corrected chi connectivity index (χ0v) is 10.1. The molecule has 0 saturated heterocycles. The molecule has 0 fully saturated rings. The van der Waals surface area contributed by atoms with Crippen molar-refractivity contribution in [3.63, 3.8) is 0 Å². The molecule has 0 aromatic carbocycles. The molecule has 1 aromatic rings. The molecule has 0 amide bonds. The van der Waals surface area contributed by atoms with Crippen LogP contribution in [0.3, 0.4) is 0 Å². The maximum Gasteiger partial charge on any atom is 0.125 e. The summed E-state index contributed by atoms with van der Waals surface area (Å²) < 4.78 is 0. The average molecular weight is 207 g/mol. The Bertz CT molecular complexity index is 280. The Morgan fingerprint density at radius 2 is 2.07 bits per heavy atom. The van der Waals surface area contributed by atoms with Crippen LogP contribution in [0.1, 0.15) is 13.8 Å². The highest BCUT2D eigenvalue weighted by atomic mass is 15.1. The normalized spacial score (nSPS) is 11.8. The Morgan fingerprint density at radius 3 is 2.60 bits per heavy atom. The van der Waals surface area contributed by atoms with Gasteiger partial charge in [0.05, 0.1) is 0 Å². The van der Waals surface area contributed by atoms with E-state index in [4.69, 9.17) is 0 Å². The number of hydrogen-bond donors (Lipinski definition) is 1. The summed E-state index contributed by atoms with van der Waals surface area (Å²) in [7, 11) is 4.20. The van der Waals surface area contributed by atoms with Gasteiger partial charge in [0.25, 0.3) is 0 Å². The number of pyridine rings is 1. The van der Waals surface area contributed by atoms with Gasteiger partial charge in [0, 0.05) is 19.3 Å². The van der Waals surface area contributed by atoms with Crippen molar-refractivity contribution in [3.8, 4) is 0 Å². The average Bonchev–Trinajstić information content (AvgIpc) is 2.15. The van der Waals surface area contributed by atoms with Gasteiger partial charge in [0.2, 0.25) is 0 Å². The quantitative estimate of drug-likeness (QED) is 0.801. The molecule has 0 bridgehead atoms. The third-order valence-corrected chi connectivity index (χ3v) is 2.16. The van der Waals surface area contributed by atoms with Gasteiger partial charge in [-0.25, -0.2) is 4.98 Å². The van der Waals surface area contributed by atoms with Crippen LogP contribution in [0.15, 0.2) is 24.4 Å². The predicted octanol–water partition coefficient (Wildman–Crippen LogP) is 2.08. The smallest absolute Gasteiger partial charge is 0.125 e. The van der Waals surface area contributed by atoms with Gasteiger partial charge in [-0.15, -0.1) is 0 Å². The van der Waals surface area contributed by atoms with Crippen molar-refractivity contribution in [1.29, 1.82) is 0 Å². The Hall–Kier alpha value is -1.09. The second kappa shape index (κ2) is 5.12. The lowest BCUT2D eigenvalue weighted by Crippen LogP contribution is -2.34. The highest BCUT2D eigenvalue weighted by Crippen LogP contribution is 2.16. The van der Waals surface area contributed by atoms with Crippen LogP contribution in [0.2, 0.25) is 0 Å². The third kappa shape index (κ3) is 4.79. The molecule has 0 saturated carbocycles. The fraction of sp³-hybridized carbons (Fsp3) is 0.583. The van der Waals surface area contributed by atoms with E-state index in [1.165, 1.54) is 0 Å². The molecular formula is C12H21N3. The fourth-order valence-corrected chi connectivity index (χ4v) is 1.71. The topological polar surface area (TPSA) is 28.2 Å². The largest absolute Gasteiger partial charge is 0.369 e. The summed E-state index contributed by atoms with van der Waals surface area (Å²) in [6, 6.07) is 5.91. The standard InChI is InChI=1S/C12H21N3/c1-12(2,10-15(3)4)9-14-11-7-5-6-8-13-11/h5-8H,9-10H2,1-4H3,(H,13,14). The van der Waals surface area contributed by atoms with Crippen LogP contribution in [-0.2, 0) is 0 Å². The van der Waals surface area contributed by atoms with Crippen molar-refractivity contribution in [2.45, 2.75) is 13.8 Å². The van der Waals surface area contributed by atoms with E-state index in [1.54, 1.807) is 6.20 Å². The van der Waals surface area contributed by atoms with Gasteiger partial charge in [0.15, 0.2) is 0 Å². The van der Waals surface area contributed by atoms with Gasteiger partial charge < -0.3 is 10.2 Å². The Morgan fingerprint density at radius 1 is 1.33 bits per heavy atom. The van der Waals surface area contributed by atoms with Crippen molar-refractivity contribution in [1.82, 2.24) is 9.88 Å². The molecule has 0 aliphatic carbocycles. The number of nitrogens with one attached hydrogen (secondary N) is 1. The summed E-state index contributed by atoms with van der Waals surface area (Å²) in [5.74, 6) is 0.948. The van der Waals surface area contributed by atoms with Gasteiger partial charge in [-0.2, -0.15) is 0 Å². The van der Waals surface area contributed by atoms with Crippen LogP contribution in [0, 0.1) is 5.41 Å². The molecule has 0 aliphatic rings. The van der Waals surface area contributed by atoms with Crippen molar-refractivity contribution < 1.29 is 0 Å². The molecule has 0 atom stereocenters. The van der Waals surface area contributed by atoms with E-state index in [1.807, 2.05) is 18.2 Å². The zero-order chi connectivity index (χ0) is 11.3.